The van der Waals surface area contributed by atoms with Gasteiger partial charge in [-0.05, 0) is 30.7 Å². The van der Waals surface area contributed by atoms with Gasteiger partial charge in [-0.3, -0.25) is 14.6 Å². The molecule has 3 aromatic rings. The van der Waals surface area contributed by atoms with Gasteiger partial charge in [0, 0.05) is 5.56 Å². The minimum atomic E-state index is -0.261. The fourth-order valence-electron chi connectivity index (χ4n) is 2.27. The Morgan fingerprint density at radius 2 is 2.07 bits per heavy atom. The molecule has 0 saturated carbocycles. The fourth-order valence-corrected chi connectivity index (χ4v) is 3.04. The van der Waals surface area contributed by atoms with Crippen molar-refractivity contribution in [2.45, 2.75) is 24.9 Å². The smallest absolute Gasteiger partial charge is 0.288 e. The summed E-state index contributed by atoms with van der Waals surface area (Å²) < 4.78 is 6.69. The van der Waals surface area contributed by atoms with Crippen LogP contribution in [0.15, 0.2) is 58.2 Å². The molecule has 0 aliphatic carbocycles. The number of hydrogen-bond donors (Lipinski definition) is 1. The number of amides is 1. The third-order valence-electron chi connectivity index (χ3n) is 3.66. The molecule has 0 fully saturated rings. The van der Waals surface area contributed by atoms with Crippen molar-refractivity contribution < 1.29 is 14.0 Å². The minimum Gasteiger partial charge on any atom is -0.288 e. The summed E-state index contributed by atoms with van der Waals surface area (Å²) in [5.41, 5.74) is 2.14. The quantitative estimate of drug-likeness (QED) is 0.521. The molecule has 0 aliphatic heterocycles. The van der Waals surface area contributed by atoms with Crippen LogP contribution in [0.1, 0.15) is 25.5 Å². The van der Waals surface area contributed by atoms with Crippen LogP contribution in [0.5, 0.6) is 0 Å². The number of pyridine rings is 1. The molecule has 8 heteroatoms. The zero-order valence-electron chi connectivity index (χ0n) is 14.9. The van der Waals surface area contributed by atoms with Crippen LogP contribution in [0, 0.1) is 11.3 Å². The third-order valence-corrected chi connectivity index (χ3v) is 4.66. The standard InChI is InChI=1S/C19H17N5O2S/c1-13(2)24-11-18(26-23-24)22-17(25)12-27-19-15(10-20)8-9-16(21-19)14-6-4-3-5-7-14/h3-9,11,13H,12H2,1-2H3/p+1. The Balaban J connectivity index is 1.69. The van der Waals surface area contributed by atoms with Crippen LogP contribution >= 0.6 is 11.8 Å². The van der Waals surface area contributed by atoms with E-state index >= 15 is 0 Å². The Morgan fingerprint density at radius 3 is 2.74 bits per heavy atom. The van der Waals surface area contributed by atoms with Crippen molar-refractivity contribution in [2.24, 2.45) is 0 Å². The number of aromatic nitrogens is 3. The van der Waals surface area contributed by atoms with Gasteiger partial charge in [0.1, 0.15) is 11.1 Å². The first-order chi connectivity index (χ1) is 13.1. The highest BCUT2D eigenvalue weighted by atomic mass is 32.2. The van der Waals surface area contributed by atoms with Gasteiger partial charge >= 0.3 is 5.88 Å². The molecule has 27 heavy (non-hydrogen) atoms. The van der Waals surface area contributed by atoms with Crippen LogP contribution in [0.25, 0.3) is 11.3 Å². The SMILES string of the molecule is CC(C)[n+]1cc(NC(=O)CSc2nc(-c3ccccc3)ccc2C#N)on1. The van der Waals surface area contributed by atoms with E-state index in [1.165, 1.54) is 11.8 Å². The van der Waals surface area contributed by atoms with Gasteiger partial charge in [-0.1, -0.05) is 42.1 Å². The van der Waals surface area contributed by atoms with Crippen LogP contribution < -0.4 is 10.00 Å². The summed E-state index contributed by atoms with van der Waals surface area (Å²) in [6.07, 6.45) is 1.63. The van der Waals surface area contributed by atoms with Crippen molar-refractivity contribution in [1.82, 2.24) is 10.3 Å². The summed E-state index contributed by atoms with van der Waals surface area (Å²) in [4.78, 5) is 16.7. The largest absolute Gasteiger partial charge is 0.302 e. The van der Waals surface area contributed by atoms with Gasteiger partial charge < -0.3 is 0 Å². The van der Waals surface area contributed by atoms with Gasteiger partial charge in [0.25, 0.3) is 6.20 Å². The highest BCUT2D eigenvalue weighted by molar-refractivity contribution is 8.00. The molecular formula is C19H18N5O2S+. The lowest BCUT2D eigenvalue weighted by Gasteiger charge is -2.06. The molecule has 3 rings (SSSR count). The van der Waals surface area contributed by atoms with E-state index < -0.39 is 0 Å². The molecule has 0 saturated heterocycles. The van der Waals surface area contributed by atoms with E-state index in [0.717, 1.165) is 11.3 Å². The number of carbonyl (C=O) groups excluding carboxylic acids is 1. The van der Waals surface area contributed by atoms with E-state index in [1.807, 2.05) is 44.2 Å². The highest BCUT2D eigenvalue weighted by Gasteiger charge is 2.17. The van der Waals surface area contributed by atoms with Gasteiger partial charge in [-0.2, -0.15) is 5.26 Å². The van der Waals surface area contributed by atoms with Crippen molar-refractivity contribution in [2.75, 3.05) is 11.1 Å². The number of anilines is 1. The van der Waals surface area contributed by atoms with E-state index in [2.05, 4.69) is 21.6 Å². The van der Waals surface area contributed by atoms with Crippen LogP contribution in [0.3, 0.4) is 0 Å². The zero-order chi connectivity index (χ0) is 19.2. The topological polar surface area (TPSA) is 95.7 Å². The van der Waals surface area contributed by atoms with Crippen molar-refractivity contribution in [3.63, 3.8) is 0 Å². The lowest BCUT2D eigenvalue weighted by Crippen LogP contribution is -2.36. The van der Waals surface area contributed by atoms with Gasteiger partial charge in [-0.25, -0.2) is 4.98 Å². The number of thioether (sulfide) groups is 1. The molecule has 0 aliphatic rings. The van der Waals surface area contributed by atoms with Gasteiger partial charge in [-0.15, -0.1) is 0 Å². The number of hydrogen-bond acceptors (Lipinski definition) is 6. The molecule has 2 heterocycles. The first kappa shape index (κ1) is 18.6. The maximum absolute atomic E-state index is 12.2. The Kier molecular flexibility index (Phi) is 5.84. The fraction of sp³-hybridized carbons (Fsp3) is 0.211. The summed E-state index contributed by atoms with van der Waals surface area (Å²) in [7, 11) is 0. The van der Waals surface area contributed by atoms with Gasteiger partial charge in [0.05, 0.1) is 17.0 Å². The van der Waals surface area contributed by atoms with Gasteiger partial charge in [0.2, 0.25) is 11.2 Å². The maximum atomic E-state index is 12.2. The normalized spacial score (nSPS) is 10.6. The first-order valence-corrected chi connectivity index (χ1v) is 9.32. The molecule has 136 valence electrons. The highest BCUT2D eigenvalue weighted by Crippen LogP contribution is 2.25. The summed E-state index contributed by atoms with van der Waals surface area (Å²) >= 11 is 1.21. The number of rotatable bonds is 6. The maximum Gasteiger partial charge on any atom is 0.302 e. The molecule has 0 spiro atoms. The molecule has 7 nitrogen and oxygen atoms in total. The van der Waals surface area contributed by atoms with Crippen molar-refractivity contribution in [1.29, 1.82) is 5.26 Å². The van der Waals surface area contributed by atoms with E-state index in [0.29, 0.717) is 10.6 Å². The van der Waals surface area contributed by atoms with Crippen molar-refractivity contribution in [3.8, 4) is 17.3 Å². The molecule has 0 atom stereocenters. The molecule has 2 aromatic heterocycles. The Bertz CT molecular complexity index is 979. The number of benzene rings is 1. The average molecular weight is 380 g/mol. The van der Waals surface area contributed by atoms with E-state index in [1.54, 1.807) is 23.0 Å². The minimum absolute atomic E-state index is 0.0995. The second-order valence-corrected chi connectivity index (χ2v) is 6.97. The third kappa shape index (κ3) is 4.71. The number of nitrogens with zero attached hydrogens (tertiary/aromatic N) is 4. The van der Waals surface area contributed by atoms with Crippen LogP contribution in [-0.4, -0.2) is 21.9 Å². The predicted molar refractivity (Wildman–Crippen MR) is 101 cm³/mol. The molecule has 1 aromatic carbocycles. The zero-order valence-corrected chi connectivity index (χ0v) is 15.7. The monoisotopic (exact) mass is 380 g/mol. The Morgan fingerprint density at radius 1 is 1.30 bits per heavy atom. The molecule has 1 amide bonds. The average Bonchev–Trinajstić information content (AvgIpc) is 3.15. The van der Waals surface area contributed by atoms with Crippen LogP contribution in [-0.2, 0) is 4.79 Å². The van der Waals surface area contributed by atoms with Crippen LogP contribution in [0.2, 0.25) is 0 Å². The summed E-state index contributed by atoms with van der Waals surface area (Å²) in [5.74, 6) is 0.117. The van der Waals surface area contributed by atoms with E-state index in [-0.39, 0.29) is 23.6 Å². The molecular weight excluding hydrogens is 362 g/mol. The molecule has 0 radical (unpaired) electrons. The summed E-state index contributed by atoms with van der Waals surface area (Å²) in [6.45, 7) is 3.91. The van der Waals surface area contributed by atoms with Gasteiger partial charge in [0.15, 0.2) is 6.04 Å². The summed E-state index contributed by atoms with van der Waals surface area (Å²) in [6, 6.07) is 15.5. The van der Waals surface area contributed by atoms with E-state index in [9.17, 15) is 10.1 Å². The Labute approximate surface area is 161 Å². The molecule has 0 bridgehead atoms. The first-order valence-electron chi connectivity index (χ1n) is 8.34. The van der Waals surface area contributed by atoms with E-state index in [4.69, 9.17) is 4.52 Å². The molecule has 0 unspecified atom stereocenters. The second-order valence-electron chi connectivity index (χ2n) is 6.00. The summed E-state index contributed by atoms with van der Waals surface area (Å²) in [5, 5.41) is 16.3. The number of nitriles is 1. The molecule has 1 N–H and O–H groups in total. The Hall–Kier alpha value is -3.18. The van der Waals surface area contributed by atoms with Crippen molar-refractivity contribution in [3.05, 3.63) is 54.2 Å². The van der Waals surface area contributed by atoms with Crippen LogP contribution in [0.4, 0.5) is 5.88 Å². The second kappa shape index (κ2) is 8.47. The number of carbonyl (C=O) groups is 1. The lowest BCUT2D eigenvalue weighted by atomic mass is 10.1. The van der Waals surface area contributed by atoms with Crippen molar-refractivity contribution >= 4 is 23.6 Å². The number of nitrogens with one attached hydrogen (secondary N) is 1. The lowest BCUT2D eigenvalue weighted by molar-refractivity contribution is -0.779. The predicted octanol–water partition coefficient (Wildman–Crippen LogP) is 3.21.